The monoisotopic (exact) mass is 294 g/mol. The van der Waals surface area contributed by atoms with Crippen LogP contribution in [-0.2, 0) is 12.5 Å². The quantitative estimate of drug-likeness (QED) is 0.613. The number of aromatic nitrogens is 1. The van der Waals surface area contributed by atoms with Crippen LogP contribution < -0.4 is 9.58 Å². The van der Waals surface area contributed by atoms with Gasteiger partial charge in [0.25, 0.3) is 0 Å². The molecule has 0 fully saturated rings. The van der Waals surface area contributed by atoms with Gasteiger partial charge >= 0.3 is 0 Å². The second-order valence-corrected chi connectivity index (χ2v) is 7.05. The van der Waals surface area contributed by atoms with Crippen LogP contribution in [0.25, 0.3) is 0 Å². The van der Waals surface area contributed by atoms with E-state index in [2.05, 4.69) is 69.1 Å². The lowest BCUT2D eigenvalue weighted by Gasteiger charge is -2.39. The SMILES string of the molecule is C[n+]1ccc(/C=N/N2c3ccccc3C(C)(C)C2(C)C)cc1. The minimum Gasteiger partial charge on any atom is -0.259 e. The number of benzene rings is 1. The number of pyridine rings is 1. The molecule has 0 unspecified atom stereocenters. The molecule has 0 aliphatic carbocycles. The van der Waals surface area contributed by atoms with Crippen LogP contribution in [0.5, 0.6) is 0 Å². The topological polar surface area (TPSA) is 19.5 Å². The molecular formula is C19H24N3+. The third-order valence-electron chi connectivity index (χ3n) is 5.19. The predicted molar refractivity (Wildman–Crippen MR) is 91.2 cm³/mol. The van der Waals surface area contributed by atoms with Crippen molar-refractivity contribution in [2.75, 3.05) is 5.01 Å². The molecule has 1 aromatic carbocycles. The summed E-state index contributed by atoms with van der Waals surface area (Å²) < 4.78 is 2.02. The Morgan fingerprint density at radius 3 is 2.32 bits per heavy atom. The highest BCUT2D eigenvalue weighted by Gasteiger charge is 2.50. The number of hydrazone groups is 1. The fraction of sp³-hybridized carbons (Fsp3) is 0.368. The van der Waals surface area contributed by atoms with E-state index in [4.69, 9.17) is 5.10 Å². The molecule has 2 heterocycles. The number of hydrogen-bond acceptors (Lipinski definition) is 2. The number of hydrogen-bond donors (Lipinski definition) is 0. The third kappa shape index (κ3) is 2.12. The highest BCUT2D eigenvalue weighted by Crippen LogP contribution is 2.51. The molecule has 1 aliphatic heterocycles. The van der Waals surface area contributed by atoms with E-state index >= 15 is 0 Å². The van der Waals surface area contributed by atoms with E-state index < -0.39 is 0 Å². The van der Waals surface area contributed by atoms with Crippen molar-refractivity contribution in [1.82, 2.24) is 0 Å². The number of para-hydroxylation sites is 1. The average Bonchev–Trinajstić information content (AvgIpc) is 2.63. The van der Waals surface area contributed by atoms with Gasteiger partial charge in [0.15, 0.2) is 12.4 Å². The van der Waals surface area contributed by atoms with Crippen LogP contribution in [0, 0.1) is 0 Å². The molecule has 0 N–H and O–H groups in total. The molecule has 2 aromatic rings. The first kappa shape index (κ1) is 14.8. The second-order valence-electron chi connectivity index (χ2n) is 7.05. The molecule has 1 aromatic heterocycles. The summed E-state index contributed by atoms with van der Waals surface area (Å²) in [5, 5.41) is 6.97. The maximum absolute atomic E-state index is 4.81. The Morgan fingerprint density at radius 2 is 1.64 bits per heavy atom. The van der Waals surface area contributed by atoms with Gasteiger partial charge in [-0.2, -0.15) is 5.10 Å². The van der Waals surface area contributed by atoms with Gasteiger partial charge in [-0.3, -0.25) is 5.01 Å². The van der Waals surface area contributed by atoms with Crippen LogP contribution in [0.3, 0.4) is 0 Å². The third-order valence-corrected chi connectivity index (χ3v) is 5.19. The predicted octanol–water partition coefficient (Wildman–Crippen LogP) is 3.42. The summed E-state index contributed by atoms with van der Waals surface area (Å²) in [7, 11) is 2.02. The first-order valence-electron chi connectivity index (χ1n) is 7.73. The summed E-state index contributed by atoms with van der Waals surface area (Å²) in [5.74, 6) is 0. The van der Waals surface area contributed by atoms with E-state index in [-0.39, 0.29) is 11.0 Å². The summed E-state index contributed by atoms with van der Waals surface area (Å²) in [4.78, 5) is 0. The standard InChI is InChI=1S/C19H24N3/c1-18(2)16-8-6-7-9-17(16)22(19(18,3)4)20-14-15-10-12-21(5)13-11-15/h6-14H,1-5H3/q+1. The molecule has 1 aliphatic rings. The van der Waals surface area contributed by atoms with E-state index in [1.54, 1.807) is 0 Å². The molecule has 0 spiro atoms. The van der Waals surface area contributed by atoms with Gasteiger partial charge in [-0.15, -0.1) is 0 Å². The van der Waals surface area contributed by atoms with Crippen LogP contribution in [0.4, 0.5) is 5.69 Å². The molecule has 0 saturated carbocycles. The lowest BCUT2D eigenvalue weighted by molar-refractivity contribution is -0.671. The smallest absolute Gasteiger partial charge is 0.169 e. The Kier molecular flexibility index (Phi) is 3.32. The minimum absolute atomic E-state index is 0.0457. The van der Waals surface area contributed by atoms with Crippen molar-refractivity contribution in [1.29, 1.82) is 0 Å². The number of fused-ring (bicyclic) bond motifs is 1. The zero-order chi connectivity index (χ0) is 16.0. The molecule has 3 rings (SSSR count). The van der Waals surface area contributed by atoms with Crippen molar-refractivity contribution in [3.63, 3.8) is 0 Å². The van der Waals surface area contributed by atoms with Crippen LogP contribution in [0.1, 0.15) is 38.8 Å². The Hall–Kier alpha value is -2.16. The largest absolute Gasteiger partial charge is 0.259 e. The Bertz CT molecular complexity index is 712. The number of nitrogens with zero attached hydrogens (tertiary/aromatic N) is 3. The first-order valence-corrected chi connectivity index (χ1v) is 7.73. The van der Waals surface area contributed by atoms with E-state index in [0.717, 1.165) is 5.56 Å². The van der Waals surface area contributed by atoms with Crippen LogP contribution in [-0.4, -0.2) is 11.8 Å². The molecule has 114 valence electrons. The Morgan fingerprint density at radius 1 is 1.00 bits per heavy atom. The summed E-state index contributed by atoms with van der Waals surface area (Å²) in [6, 6.07) is 12.7. The Balaban J connectivity index is 2.01. The van der Waals surface area contributed by atoms with Crippen molar-refractivity contribution in [3.05, 3.63) is 59.9 Å². The zero-order valence-electron chi connectivity index (χ0n) is 14.0. The van der Waals surface area contributed by atoms with Crippen LogP contribution in [0.15, 0.2) is 53.9 Å². The second kappa shape index (κ2) is 4.94. The van der Waals surface area contributed by atoms with Gasteiger partial charge in [0.2, 0.25) is 0 Å². The van der Waals surface area contributed by atoms with Crippen molar-refractivity contribution in [2.24, 2.45) is 12.1 Å². The summed E-state index contributed by atoms with van der Waals surface area (Å²) in [6.45, 7) is 9.11. The van der Waals surface area contributed by atoms with E-state index in [1.807, 2.05) is 30.2 Å². The van der Waals surface area contributed by atoms with Crippen LogP contribution >= 0.6 is 0 Å². The maximum atomic E-state index is 4.81. The summed E-state index contributed by atoms with van der Waals surface area (Å²) in [5.41, 5.74) is 3.64. The maximum Gasteiger partial charge on any atom is 0.169 e. The first-order chi connectivity index (χ1) is 10.3. The molecule has 0 atom stereocenters. The van der Waals surface area contributed by atoms with Gasteiger partial charge in [0, 0.05) is 23.1 Å². The van der Waals surface area contributed by atoms with Gasteiger partial charge in [-0.1, -0.05) is 32.0 Å². The van der Waals surface area contributed by atoms with Crippen molar-refractivity contribution >= 4 is 11.9 Å². The molecule has 22 heavy (non-hydrogen) atoms. The van der Waals surface area contributed by atoms with E-state index in [0.29, 0.717) is 0 Å². The van der Waals surface area contributed by atoms with E-state index in [1.165, 1.54) is 11.3 Å². The van der Waals surface area contributed by atoms with Crippen molar-refractivity contribution < 1.29 is 4.57 Å². The van der Waals surface area contributed by atoms with Crippen molar-refractivity contribution in [3.8, 4) is 0 Å². The zero-order valence-corrected chi connectivity index (χ0v) is 14.0. The van der Waals surface area contributed by atoms with Gasteiger partial charge in [0.1, 0.15) is 7.05 Å². The summed E-state index contributed by atoms with van der Waals surface area (Å²) in [6.07, 6.45) is 6.02. The molecule has 3 nitrogen and oxygen atoms in total. The fourth-order valence-corrected chi connectivity index (χ4v) is 3.01. The Labute approximate surface area is 132 Å². The molecule has 3 heteroatoms. The van der Waals surface area contributed by atoms with Gasteiger partial charge in [-0.25, -0.2) is 4.57 Å². The van der Waals surface area contributed by atoms with Gasteiger partial charge in [-0.05, 0) is 25.5 Å². The minimum atomic E-state index is -0.0768. The molecule has 0 bridgehead atoms. The lowest BCUT2D eigenvalue weighted by atomic mass is 9.73. The number of aryl methyl sites for hydroxylation is 1. The van der Waals surface area contributed by atoms with Crippen molar-refractivity contribution in [2.45, 2.75) is 38.6 Å². The number of rotatable bonds is 2. The molecular weight excluding hydrogens is 270 g/mol. The average molecular weight is 294 g/mol. The van der Waals surface area contributed by atoms with E-state index in [9.17, 15) is 0 Å². The molecule has 0 radical (unpaired) electrons. The molecule has 0 amide bonds. The van der Waals surface area contributed by atoms with Gasteiger partial charge < -0.3 is 0 Å². The number of anilines is 1. The van der Waals surface area contributed by atoms with Gasteiger partial charge in [0.05, 0.1) is 17.4 Å². The highest BCUT2D eigenvalue weighted by molar-refractivity contribution is 5.81. The highest BCUT2D eigenvalue weighted by atomic mass is 15.5. The lowest BCUT2D eigenvalue weighted by Crippen LogP contribution is -2.48. The summed E-state index contributed by atoms with van der Waals surface area (Å²) >= 11 is 0. The van der Waals surface area contributed by atoms with Crippen LogP contribution in [0.2, 0.25) is 0 Å². The molecule has 0 saturated heterocycles. The fourth-order valence-electron chi connectivity index (χ4n) is 3.01. The normalized spacial score (nSPS) is 18.7.